The Balaban J connectivity index is 1.54. The molecule has 3 atom stereocenters. The molecule has 10 heteroatoms. The molecule has 2 N–H and O–H groups in total. The van der Waals surface area contributed by atoms with Crippen molar-refractivity contribution >= 4 is 23.8 Å². The lowest BCUT2D eigenvalue weighted by Gasteiger charge is -2.22. The normalized spacial score (nSPS) is 13.1. The summed E-state index contributed by atoms with van der Waals surface area (Å²) in [4.78, 5) is 51.1. The Kier molecular flexibility index (Phi) is 12.3. The van der Waals surface area contributed by atoms with Crippen LogP contribution in [-0.4, -0.2) is 40.4 Å². The number of amides is 2. The number of alkyl carbamates (subject to hydrolysis) is 2. The first-order valence-electron chi connectivity index (χ1n) is 14.2. The molecule has 42 heavy (non-hydrogen) atoms. The van der Waals surface area contributed by atoms with Crippen molar-refractivity contribution in [3.8, 4) is 0 Å². The van der Waals surface area contributed by atoms with Crippen molar-refractivity contribution in [2.75, 3.05) is 0 Å². The molecule has 0 aliphatic carbocycles. The standard InChI is InChI=1S/C32H40N4O6/c1-5-24(4)30(34-32(40)42-21-26-14-10-7-11-15-26)28(38)19-36-17-16-35(22-36)18-27(37)29(23(2)3)33-31(39)41-20-25-12-8-6-9-13-25/h6-17,22-24,29-30H,5,18-21H2,1-4H3,(H-,33,34,39,40)/p+1/t24-,29-,30-/m0/s1. The molecule has 0 bridgehead atoms. The minimum Gasteiger partial charge on any atom is -0.445 e. The fourth-order valence-corrected chi connectivity index (χ4v) is 4.36. The Bertz CT molecular complexity index is 1310. The first-order valence-corrected chi connectivity index (χ1v) is 14.2. The second-order valence-electron chi connectivity index (χ2n) is 10.7. The second kappa shape index (κ2) is 16.1. The van der Waals surface area contributed by atoms with Gasteiger partial charge in [0.2, 0.25) is 6.33 Å². The average Bonchev–Trinajstić information content (AvgIpc) is 3.43. The quantitative estimate of drug-likeness (QED) is 0.261. The van der Waals surface area contributed by atoms with Gasteiger partial charge < -0.3 is 20.1 Å². The molecule has 1 heterocycles. The van der Waals surface area contributed by atoms with Gasteiger partial charge in [0, 0.05) is 0 Å². The third-order valence-electron chi connectivity index (χ3n) is 6.97. The minimum absolute atomic E-state index is 0.00184. The Hall–Kier alpha value is -4.47. The van der Waals surface area contributed by atoms with Crippen LogP contribution in [0.25, 0.3) is 0 Å². The van der Waals surface area contributed by atoms with Crippen molar-refractivity contribution < 1.29 is 33.2 Å². The van der Waals surface area contributed by atoms with E-state index >= 15 is 0 Å². The molecule has 0 unspecified atom stereocenters. The van der Waals surface area contributed by atoms with Crippen LogP contribution in [-0.2, 0) is 45.4 Å². The van der Waals surface area contributed by atoms with Crippen LogP contribution >= 0.6 is 0 Å². The van der Waals surface area contributed by atoms with E-state index in [0.717, 1.165) is 11.1 Å². The molecule has 0 radical (unpaired) electrons. The van der Waals surface area contributed by atoms with Gasteiger partial charge in [-0.1, -0.05) is 94.8 Å². The van der Waals surface area contributed by atoms with E-state index in [-0.39, 0.29) is 49.7 Å². The van der Waals surface area contributed by atoms with Gasteiger partial charge in [-0.3, -0.25) is 9.59 Å². The zero-order valence-electron chi connectivity index (χ0n) is 24.7. The monoisotopic (exact) mass is 577 g/mol. The van der Waals surface area contributed by atoms with Crippen LogP contribution in [0.1, 0.15) is 45.2 Å². The maximum atomic E-state index is 13.2. The molecule has 0 saturated heterocycles. The van der Waals surface area contributed by atoms with Gasteiger partial charge in [0.25, 0.3) is 0 Å². The highest BCUT2D eigenvalue weighted by Gasteiger charge is 2.29. The van der Waals surface area contributed by atoms with E-state index in [1.807, 2.05) is 88.4 Å². The summed E-state index contributed by atoms with van der Waals surface area (Å²) in [7, 11) is 0. The van der Waals surface area contributed by atoms with Crippen LogP contribution in [0.3, 0.4) is 0 Å². The highest BCUT2D eigenvalue weighted by molar-refractivity contribution is 5.88. The van der Waals surface area contributed by atoms with E-state index in [4.69, 9.17) is 9.47 Å². The van der Waals surface area contributed by atoms with Gasteiger partial charge in [0.05, 0.1) is 12.1 Å². The Labute approximate surface area is 247 Å². The topological polar surface area (TPSA) is 120 Å². The second-order valence-corrected chi connectivity index (χ2v) is 10.7. The molecule has 224 valence electrons. The lowest BCUT2D eigenvalue weighted by Crippen LogP contribution is -2.50. The van der Waals surface area contributed by atoms with Gasteiger partial charge in [-0.25, -0.2) is 18.7 Å². The number of hydrogen-bond acceptors (Lipinski definition) is 6. The van der Waals surface area contributed by atoms with Crippen molar-refractivity contribution in [1.29, 1.82) is 0 Å². The van der Waals surface area contributed by atoms with Gasteiger partial charge in [0.15, 0.2) is 24.7 Å². The maximum Gasteiger partial charge on any atom is 0.408 e. The van der Waals surface area contributed by atoms with Gasteiger partial charge >= 0.3 is 12.2 Å². The SMILES string of the molecule is CC[C@H](C)[C@H](NC(=O)OCc1ccccc1)C(=O)Cn1cc[n+](CC(=O)[C@@H](NC(=O)OCc2ccccc2)C(C)C)c1. The molecule has 2 aromatic carbocycles. The number of carbonyl (C=O) groups is 4. The molecule has 3 aromatic rings. The summed E-state index contributed by atoms with van der Waals surface area (Å²) in [5, 5.41) is 5.41. The average molecular weight is 578 g/mol. The minimum atomic E-state index is -0.744. The molecule has 1 aromatic heterocycles. The lowest BCUT2D eigenvalue weighted by atomic mass is 9.95. The van der Waals surface area contributed by atoms with Crippen LogP contribution in [0.15, 0.2) is 79.4 Å². The van der Waals surface area contributed by atoms with Gasteiger partial charge in [-0.2, -0.15) is 0 Å². The maximum absolute atomic E-state index is 13.2. The van der Waals surface area contributed by atoms with Crippen LogP contribution in [0.4, 0.5) is 9.59 Å². The van der Waals surface area contributed by atoms with E-state index in [1.54, 1.807) is 27.9 Å². The van der Waals surface area contributed by atoms with Crippen LogP contribution < -0.4 is 15.2 Å². The Morgan fingerprint density at radius 1 is 0.786 bits per heavy atom. The first-order chi connectivity index (χ1) is 20.2. The number of Topliss-reactive ketones (excluding diaryl/α,β-unsaturated/α-hetero) is 2. The number of benzene rings is 2. The Morgan fingerprint density at radius 2 is 1.31 bits per heavy atom. The van der Waals surface area contributed by atoms with E-state index in [2.05, 4.69) is 10.6 Å². The van der Waals surface area contributed by atoms with E-state index in [0.29, 0.717) is 6.42 Å². The summed E-state index contributed by atoms with van der Waals surface area (Å²) >= 11 is 0. The molecule has 0 saturated carbocycles. The predicted molar refractivity (Wildman–Crippen MR) is 156 cm³/mol. The van der Waals surface area contributed by atoms with Gasteiger partial charge in [-0.05, 0) is 23.0 Å². The van der Waals surface area contributed by atoms with Crippen molar-refractivity contribution in [3.05, 3.63) is 90.5 Å². The number of nitrogens with one attached hydrogen (secondary N) is 2. The molecular weight excluding hydrogens is 536 g/mol. The van der Waals surface area contributed by atoms with Crippen molar-refractivity contribution in [2.45, 2.75) is 72.5 Å². The number of ketones is 2. The molecule has 0 aliphatic heterocycles. The molecule has 0 spiro atoms. The number of imidazole rings is 1. The summed E-state index contributed by atoms with van der Waals surface area (Å²) in [6.45, 7) is 7.77. The number of carbonyl (C=O) groups excluding carboxylic acids is 4. The van der Waals surface area contributed by atoms with Crippen LogP contribution in [0.2, 0.25) is 0 Å². The molecular formula is C32H41N4O6+. The van der Waals surface area contributed by atoms with Gasteiger partial charge in [0.1, 0.15) is 25.6 Å². The highest BCUT2D eigenvalue weighted by Crippen LogP contribution is 2.11. The lowest BCUT2D eigenvalue weighted by molar-refractivity contribution is -0.683. The third-order valence-corrected chi connectivity index (χ3v) is 6.97. The number of ether oxygens (including phenoxy) is 2. The fraction of sp³-hybridized carbons (Fsp3) is 0.406. The first kappa shape index (κ1) is 32.0. The molecule has 0 aliphatic rings. The van der Waals surface area contributed by atoms with Crippen LogP contribution in [0, 0.1) is 11.8 Å². The molecule has 2 amide bonds. The molecule has 10 nitrogen and oxygen atoms in total. The molecule has 0 fully saturated rings. The number of nitrogens with zero attached hydrogens (tertiary/aromatic N) is 2. The zero-order valence-corrected chi connectivity index (χ0v) is 24.7. The van der Waals surface area contributed by atoms with Crippen LogP contribution in [0.5, 0.6) is 0 Å². The Morgan fingerprint density at radius 3 is 1.81 bits per heavy atom. The summed E-state index contributed by atoms with van der Waals surface area (Å²) in [5.41, 5.74) is 1.70. The third kappa shape index (κ3) is 10.2. The summed E-state index contributed by atoms with van der Waals surface area (Å²) in [5.74, 6) is -0.644. The summed E-state index contributed by atoms with van der Waals surface area (Å²) in [6.07, 6.45) is 4.41. The van der Waals surface area contributed by atoms with Crippen molar-refractivity contribution in [2.24, 2.45) is 11.8 Å². The predicted octanol–water partition coefficient (Wildman–Crippen LogP) is 4.21. The summed E-state index contributed by atoms with van der Waals surface area (Å²) in [6, 6.07) is 17.1. The van der Waals surface area contributed by atoms with Crippen molar-refractivity contribution in [3.63, 3.8) is 0 Å². The number of hydrogen-bond donors (Lipinski definition) is 2. The highest BCUT2D eigenvalue weighted by atomic mass is 16.6. The smallest absolute Gasteiger partial charge is 0.408 e. The zero-order chi connectivity index (χ0) is 30.5. The summed E-state index contributed by atoms with van der Waals surface area (Å²) < 4.78 is 13.9. The number of rotatable bonds is 15. The number of aromatic nitrogens is 2. The van der Waals surface area contributed by atoms with Gasteiger partial charge in [-0.15, -0.1) is 0 Å². The fourth-order valence-electron chi connectivity index (χ4n) is 4.36. The molecule has 3 rings (SSSR count). The van der Waals surface area contributed by atoms with Crippen molar-refractivity contribution in [1.82, 2.24) is 15.2 Å². The van der Waals surface area contributed by atoms with E-state index in [9.17, 15) is 19.2 Å². The van der Waals surface area contributed by atoms with E-state index in [1.165, 1.54) is 0 Å². The van der Waals surface area contributed by atoms with E-state index < -0.39 is 24.3 Å². The largest absolute Gasteiger partial charge is 0.445 e.